The number of aryl methyl sites for hydroxylation is 2. The topological polar surface area (TPSA) is 100 Å². The number of quaternary nitrogens is 1. The summed E-state index contributed by atoms with van der Waals surface area (Å²) in [5, 5.41) is 4.53. The Balaban J connectivity index is 1.54. The van der Waals surface area contributed by atoms with E-state index in [-0.39, 0.29) is 5.69 Å². The molecule has 0 atom stereocenters. The van der Waals surface area contributed by atoms with Crippen LogP contribution in [0.1, 0.15) is 16.3 Å². The predicted molar refractivity (Wildman–Crippen MR) is 114 cm³/mol. The number of morpholine rings is 1. The Morgan fingerprint density at radius 3 is 2.79 bits per heavy atom. The van der Waals surface area contributed by atoms with E-state index in [9.17, 15) is 4.79 Å². The number of aromatic nitrogens is 4. The molecule has 1 saturated heterocycles. The van der Waals surface area contributed by atoms with E-state index >= 15 is 0 Å². The molecule has 29 heavy (non-hydrogen) atoms. The molecular formula is C20H23N6O2S+. The normalized spacial score (nSPS) is 15.4. The molecule has 4 heterocycles. The molecule has 0 bridgehead atoms. The lowest BCUT2D eigenvalue weighted by Gasteiger charge is -2.23. The summed E-state index contributed by atoms with van der Waals surface area (Å²) in [6.45, 7) is 8.55. The smallest absolute Gasteiger partial charge is 0.323 e. The number of H-pyrrole nitrogens is 2. The fourth-order valence-electron chi connectivity index (χ4n) is 3.77. The molecule has 3 aromatic heterocycles. The molecule has 9 heteroatoms. The lowest BCUT2D eigenvalue weighted by Crippen LogP contribution is -3.12. The van der Waals surface area contributed by atoms with Crippen molar-refractivity contribution in [3.8, 4) is 0 Å². The monoisotopic (exact) mass is 411 g/mol. The lowest BCUT2D eigenvalue weighted by molar-refractivity contribution is -0.922. The SMILES string of the molecule is Cc1sc2nc(C[NH+]3CCOCC3)nc(Nc3ccc4[nH]c(=O)[nH]c4c3)c2c1C. The third kappa shape index (κ3) is 3.52. The third-order valence-corrected chi connectivity index (χ3v) is 6.56. The second kappa shape index (κ2) is 7.25. The Morgan fingerprint density at radius 1 is 1.17 bits per heavy atom. The van der Waals surface area contributed by atoms with Crippen LogP contribution in [0.2, 0.25) is 0 Å². The van der Waals surface area contributed by atoms with E-state index in [2.05, 4.69) is 29.1 Å². The van der Waals surface area contributed by atoms with Gasteiger partial charge in [0.05, 0.1) is 29.6 Å². The number of fused-ring (bicyclic) bond motifs is 2. The molecule has 1 fully saturated rings. The first-order chi connectivity index (χ1) is 14.1. The van der Waals surface area contributed by atoms with Crippen LogP contribution in [0.15, 0.2) is 23.0 Å². The highest BCUT2D eigenvalue weighted by molar-refractivity contribution is 7.18. The van der Waals surface area contributed by atoms with Crippen LogP contribution >= 0.6 is 11.3 Å². The number of ether oxygens (including phenoxy) is 1. The summed E-state index contributed by atoms with van der Waals surface area (Å²) in [6, 6.07) is 5.75. The first-order valence-electron chi connectivity index (χ1n) is 9.74. The lowest BCUT2D eigenvalue weighted by atomic mass is 10.2. The van der Waals surface area contributed by atoms with E-state index < -0.39 is 0 Å². The summed E-state index contributed by atoms with van der Waals surface area (Å²) in [7, 11) is 0. The molecule has 150 valence electrons. The number of aromatic amines is 2. The Morgan fingerprint density at radius 2 is 1.97 bits per heavy atom. The fourth-order valence-corrected chi connectivity index (χ4v) is 4.82. The molecule has 0 amide bonds. The summed E-state index contributed by atoms with van der Waals surface area (Å²) >= 11 is 1.71. The zero-order valence-corrected chi connectivity index (χ0v) is 17.2. The Bertz CT molecular complexity index is 1250. The van der Waals surface area contributed by atoms with Crippen LogP contribution in [-0.4, -0.2) is 46.2 Å². The van der Waals surface area contributed by atoms with Gasteiger partial charge < -0.3 is 24.9 Å². The zero-order chi connectivity index (χ0) is 20.0. The van der Waals surface area contributed by atoms with Gasteiger partial charge in [0.1, 0.15) is 30.3 Å². The molecule has 0 spiro atoms. The van der Waals surface area contributed by atoms with E-state index in [0.29, 0.717) is 0 Å². The average molecular weight is 412 g/mol. The zero-order valence-electron chi connectivity index (χ0n) is 16.4. The van der Waals surface area contributed by atoms with Crippen molar-refractivity contribution in [3.05, 3.63) is 44.9 Å². The molecule has 0 radical (unpaired) electrons. The minimum atomic E-state index is -0.207. The highest BCUT2D eigenvalue weighted by Crippen LogP contribution is 2.34. The standard InChI is InChI=1S/C20H22N6O2S/c1-11-12(2)29-19-17(11)18(24-16(25-19)10-26-5-7-28-8-6-26)21-13-3-4-14-15(9-13)23-20(27)22-14/h3-4,9H,5-8,10H2,1-2H3,(H,21,24,25)(H2,22,23,27)/p+1. The highest BCUT2D eigenvalue weighted by Gasteiger charge is 2.20. The van der Waals surface area contributed by atoms with Gasteiger partial charge in [-0.2, -0.15) is 0 Å². The maximum atomic E-state index is 11.6. The van der Waals surface area contributed by atoms with Crippen LogP contribution in [0.5, 0.6) is 0 Å². The van der Waals surface area contributed by atoms with Crippen LogP contribution in [0.4, 0.5) is 11.5 Å². The van der Waals surface area contributed by atoms with Crippen LogP contribution in [0, 0.1) is 13.8 Å². The summed E-state index contributed by atoms with van der Waals surface area (Å²) in [4.78, 5) is 30.6. The minimum Gasteiger partial charge on any atom is -0.370 e. The fraction of sp³-hybridized carbons (Fsp3) is 0.350. The van der Waals surface area contributed by atoms with Gasteiger partial charge in [-0.25, -0.2) is 14.8 Å². The van der Waals surface area contributed by atoms with E-state index in [1.165, 1.54) is 15.3 Å². The van der Waals surface area contributed by atoms with Gasteiger partial charge in [0.25, 0.3) is 0 Å². The van der Waals surface area contributed by atoms with Crippen LogP contribution in [0.25, 0.3) is 21.3 Å². The van der Waals surface area contributed by atoms with Gasteiger partial charge in [-0.1, -0.05) is 0 Å². The van der Waals surface area contributed by atoms with Gasteiger partial charge in [-0.3, -0.25) is 0 Å². The Hall–Kier alpha value is -2.75. The second-order valence-electron chi connectivity index (χ2n) is 7.46. The molecule has 4 N–H and O–H groups in total. The molecule has 5 rings (SSSR count). The van der Waals surface area contributed by atoms with Crippen LogP contribution in [0.3, 0.4) is 0 Å². The van der Waals surface area contributed by atoms with Gasteiger partial charge in [0, 0.05) is 10.6 Å². The minimum absolute atomic E-state index is 0.207. The summed E-state index contributed by atoms with van der Waals surface area (Å²) in [5.41, 5.74) is 3.42. The van der Waals surface area contributed by atoms with Gasteiger partial charge in [-0.15, -0.1) is 11.3 Å². The second-order valence-corrected chi connectivity index (χ2v) is 8.66. The molecular weight excluding hydrogens is 388 g/mol. The number of benzene rings is 1. The molecule has 0 aliphatic carbocycles. The van der Waals surface area contributed by atoms with E-state index in [1.807, 2.05) is 18.2 Å². The van der Waals surface area contributed by atoms with Crippen molar-refractivity contribution < 1.29 is 9.64 Å². The summed E-state index contributed by atoms with van der Waals surface area (Å²) in [6.07, 6.45) is 0. The highest BCUT2D eigenvalue weighted by atomic mass is 32.1. The number of hydrogen-bond donors (Lipinski definition) is 4. The van der Waals surface area contributed by atoms with Crippen molar-refractivity contribution in [2.75, 3.05) is 31.6 Å². The van der Waals surface area contributed by atoms with E-state index in [0.717, 1.165) is 71.4 Å². The number of nitrogens with one attached hydrogen (secondary N) is 4. The average Bonchev–Trinajstić information content (AvgIpc) is 3.20. The molecule has 1 aromatic carbocycles. The Kier molecular flexibility index (Phi) is 4.57. The first kappa shape index (κ1) is 18.3. The van der Waals surface area contributed by atoms with Crippen LogP contribution < -0.4 is 15.9 Å². The van der Waals surface area contributed by atoms with Gasteiger partial charge in [0.15, 0.2) is 5.82 Å². The van der Waals surface area contributed by atoms with E-state index in [4.69, 9.17) is 14.7 Å². The van der Waals surface area contributed by atoms with Gasteiger partial charge in [-0.05, 0) is 37.6 Å². The third-order valence-electron chi connectivity index (χ3n) is 5.46. The summed E-state index contributed by atoms with van der Waals surface area (Å²) < 4.78 is 5.47. The quantitative estimate of drug-likeness (QED) is 0.409. The molecule has 0 saturated carbocycles. The van der Waals surface area contributed by atoms with E-state index in [1.54, 1.807) is 11.3 Å². The van der Waals surface area contributed by atoms with Crippen molar-refractivity contribution in [2.24, 2.45) is 0 Å². The largest absolute Gasteiger partial charge is 0.370 e. The predicted octanol–water partition coefficient (Wildman–Crippen LogP) is 1.64. The van der Waals surface area contributed by atoms with Crippen molar-refractivity contribution in [1.29, 1.82) is 0 Å². The van der Waals surface area contributed by atoms with Crippen molar-refractivity contribution >= 4 is 44.1 Å². The van der Waals surface area contributed by atoms with Crippen LogP contribution in [-0.2, 0) is 11.3 Å². The van der Waals surface area contributed by atoms with Crippen molar-refractivity contribution in [3.63, 3.8) is 0 Å². The van der Waals surface area contributed by atoms with Crippen molar-refractivity contribution in [2.45, 2.75) is 20.4 Å². The Labute approximate surface area is 170 Å². The van der Waals surface area contributed by atoms with Gasteiger partial charge in [0.2, 0.25) is 0 Å². The summed E-state index contributed by atoms with van der Waals surface area (Å²) in [5.74, 6) is 1.66. The molecule has 1 aliphatic rings. The number of hydrogen-bond acceptors (Lipinski definition) is 6. The molecule has 1 aliphatic heterocycles. The first-order valence-corrected chi connectivity index (χ1v) is 10.6. The number of thiophene rings is 1. The maximum absolute atomic E-state index is 11.6. The molecule has 4 aromatic rings. The number of anilines is 2. The molecule has 8 nitrogen and oxygen atoms in total. The number of rotatable bonds is 4. The van der Waals surface area contributed by atoms with Gasteiger partial charge >= 0.3 is 5.69 Å². The number of imidazole rings is 1. The van der Waals surface area contributed by atoms with Crippen molar-refractivity contribution in [1.82, 2.24) is 19.9 Å². The molecule has 0 unspecified atom stereocenters. The number of nitrogens with zero attached hydrogens (tertiary/aromatic N) is 2. The maximum Gasteiger partial charge on any atom is 0.323 e.